The number of thioether (sulfide) groups is 1. The van der Waals surface area contributed by atoms with Crippen LogP contribution in [0.25, 0.3) is 0 Å². The molecule has 166 valence electrons. The van der Waals surface area contributed by atoms with E-state index >= 15 is 0 Å². The van der Waals surface area contributed by atoms with Crippen molar-refractivity contribution >= 4 is 29.8 Å². The molecule has 0 bridgehead atoms. The summed E-state index contributed by atoms with van der Waals surface area (Å²) in [5.74, 6) is 2.23. The van der Waals surface area contributed by atoms with E-state index in [2.05, 4.69) is 31.0 Å². The summed E-state index contributed by atoms with van der Waals surface area (Å²) < 4.78 is 0. The second-order valence-electron chi connectivity index (χ2n) is 9.17. The van der Waals surface area contributed by atoms with E-state index < -0.39 is 0 Å². The first kappa shape index (κ1) is 23.1. The maximum Gasteiger partial charge on any atom is 0.254 e. The Bertz CT molecular complexity index is 723. The normalized spacial score (nSPS) is 19.7. The summed E-state index contributed by atoms with van der Waals surface area (Å²) in [5.41, 5.74) is 0.486. The predicted octanol–water partition coefficient (Wildman–Crippen LogP) is 5.09. The Kier molecular flexibility index (Phi) is 8.20. The fraction of sp³-hybridized carbons (Fsp3) is 0.708. The first-order valence-electron chi connectivity index (χ1n) is 11.6. The van der Waals surface area contributed by atoms with Gasteiger partial charge in [0, 0.05) is 24.5 Å². The number of carbonyl (C=O) groups excluding carboxylic acids is 2. The van der Waals surface area contributed by atoms with Crippen LogP contribution in [0, 0.1) is 11.3 Å². The summed E-state index contributed by atoms with van der Waals surface area (Å²) in [6, 6.07) is 4.22. The molecule has 1 aromatic rings. The second kappa shape index (κ2) is 10.7. The van der Waals surface area contributed by atoms with Gasteiger partial charge in [-0.25, -0.2) is 4.98 Å². The third kappa shape index (κ3) is 5.37. The van der Waals surface area contributed by atoms with Crippen LogP contribution in [0.2, 0.25) is 0 Å². The quantitative estimate of drug-likeness (QED) is 0.459. The average Bonchev–Trinajstić information content (AvgIpc) is 2.78. The molecule has 3 rings (SSSR count). The number of pyridine rings is 1. The topological polar surface area (TPSA) is 62.3 Å². The van der Waals surface area contributed by atoms with E-state index in [-0.39, 0.29) is 11.3 Å². The Balaban J connectivity index is 1.74. The van der Waals surface area contributed by atoms with Gasteiger partial charge in [0.25, 0.3) is 5.91 Å². The predicted molar refractivity (Wildman–Crippen MR) is 124 cm³/mol. The van der Waals surface area contributed by atoms with E-state index in [1.165, 1.54) is 25.5 Å². The zero-order valence-corrected chi connectivity index (χ0v) is 19.6. The number of rotatable bonds is 8. The molecule has 30 heavy (non-hydrogen) atoms. The van der Waals surface area contributed by atoms with Gasteiger partial charge >= 0.3 is 0 Å². The van der Waals surface area contributed by atoms with Crippen molar-refractivity contribution in [3.8, 4) is 0 Å². The molecule has 1 aliphatic heterocycles. The number of nitrogens with one attached hydrogen (secondary N) is 1. The highest BCUT2D eigenvalue weighted by Gasteiger charge is 2.37. The minimum absolute atomic E-state index is 0.0120. The van der Waals surface area contributed by atoms with Gasteiger partial charge in [-0.2, -0.15) is 0 Å². The Morgan fingerprint density at radius 3 is 2.57 bits per heavy atom. The van der Waals surface area contributed by atoms with Crippen molar-refractivity contribution in [3.05, 3.63) is 17.7 Å². The van der Waals surface area contributed by atoms with Crippen LogP contribution in [0.3, 0.4) is 0 Å². The van der Waals surface area contributed by atoms with Crippen LogP contribution in [0.1, 0.15) is 82.5 Å². The van der Waals surface area contributed by atoms with E-state index in [0.29, 0.717) is 17.5 Å². The molecule has 1 N–H and O–H groups in total. The molecule has 2 aliphatic rings. The summed E-state index contributed by atoms with van der Waals surface area (Å²) in [6.45, 7) is 8.09. The number of anilines is 1. The number of amides is 1. The van der Waals surface area contributed by atoms with Crippen molar-refractivity contribution in [3.63, 3.8) is 0 Å². The number of carbonyl (C=O) groups is 2. The number of hydrogen-bond acceptors (Lipinski definition) is 5. The van der Waals surface area contributed by atoms with Crippen molar-refractivity contribution < 1.29 is 9.59 Å². The van der Waals surface area contributed by atoms with E-state index in [1.54, 1.807) is 11.8 Å². The SMILES string of the molecule is CCCSc1nc(N2CCC(C=O)(C(C)C)CC2)ccc1C(=O)NC1CCCCC1. The molecule has 1 amide bonds. The van der Waals surface area contributed by atoms with Crippen molar-refractivity contribution in [2.24, 2.45) is 11.3 Å². The van der Waals surface area contributed by atoms with E-state index in [0.717, 1.165) is 61.8 Å². The maximum absolute atomic E-state index is 13.0. The molecule has 1 saturated heterocycles. The van der Waals surface area contributed by atoms with Gasteiger partial charge in [0.2, 0.25) is 0 Å². The van der Waals surface area contributed by atoms with Crippen LogP contribution in [0.15, 0.2) is 17.2 Å². The van der Waals surface area contributed by atoms with E-state index in [1.807, 2.05) is 12.1 Å². The molecule has 0 radical (unpaired) electrons. The lowest BCUT2D eigenvalue weighted by molar-refractivity contribution is -0.119. The van der Waals surface area contributed by atoms with Crippen molar-refractivity contribution in [1.82, 2.24) is 10.3 Å². The van der Waals surface area contributed by atoms with Gasteiger partial charge < -0.3 is 15.0 Å². The van der Waals surface area contributed by atoms with Crippen molar-refractivity contribution in [2.75, 3.05) is 23.7 Å². The third-order valence-electron chi connectivity index (χ3n) is 6.88. The Hall–Kier alpha value is -1.56. The molecular weight excluding hydrogens is 394 g/mol. The summed E-state index contributed by atoms with van der Waals surface area (Å²) in [7, 11) is 0. The number of hydrogen-bond donors (Lipinski definition) is 1. The van der Waals surface area contributed by atoms with Gasteiger partial charge in [-0.15, -0.1) is 11.8 Å². The van der Waals surface area contributed by atoms with Gasteiger partial charge in [0.15, 0.2) is 0 Å². The zero-order valence-electron chi connectivity index (χ0n) is 18.8. The lowest BCUT2D eigenvalue weighted by Gasteiger charge is -2.41. The van der Waals surface area contributed by atoms with Crippen molar-refractivity contribution in [1.29, 1.82) is 0 Å². The Morgan fingerprint density at radius 2 is 1.97 bits per heavy atom. The van der Waals surface area contributed by atoms with Gasteiger partial charge in [-0.05, 0) is 55.9 Å². The van der Waals surface area contributed by atoms with Crippen LogP contribution in [0.5, 0.6) is 0 Å². The minimum Gasteiger partial charge on any atom is -0.357 e. The number of nitrogens with zero attached hydrogens (tertiary/aromatic N) is 2. The van der Waals surface area contributed by atoms with Crippen molar-refractivity contribution in [2.45, 2.75) is 83.2 Å². The monoisotopic (exact) mass is 431 g/mol. The summed E-state index contributed by atoms with van der Waals surface area (Å²) in [5, 5.41) is 4.07. The number of aromatic nitrogens is 1. The fourth-order valence-electron chi connectivity index (χ4n) is 4.58. The summed E-state index contributed by atoms with van der Waals surface area (Å²) in [4.78, 5) is 31.9. The Labute approximate surface area is 185 Å². The highest BCUT2D eigenvalue weighted by Crippen LogP contribution is 2.38. The molecule has 0 aromatic carbocycles. The average molecular weight is 432 g/mol. The standard InChI is InChI=1S/C24H37N3O2S/c1-4-16-30-23-20(22(29)25-19-8-6-5-7-9-19)10-11-21(26-23)27-14-12-24(17-28,13-15-27)18(2)3/h10-11,17-19H,4-9,12-16H2,1-3H3,(H,25,29). The van der Waals surface area contributed by atoms with E-state index in [9.17, 15) is 9.59 Å². The lowest BCUT2D eigenvalue weighted by Crippen LogP contribution is -2.44. The first-order chi connectivity index (χ1) is 14.5. The minimum atomic E-state index is -0.212. The second-order valence-corrected chi connectivity index (χ2v) is 10.3. The fourth-order valence-corrected chi connectivity index (χ4v) is 5.45. The number of piperidine rings is 1. The van der Waals surface area contributed by atoms with Gasteiger partial charge in [-0.3, -0.25) is 4.79 Å². The van der Waals surface area contributed by atoms with Gasteiger partial charge in [0.1, 0.15) is 17.1 Å². The summed E-state index contributed by atoms with van der Waals surface area (Å²) >= 11 is 1.67. The van der Waals surface area contributed by atoms with E-state index in [4.69, 9.17) is 4.98 Å². The summed E-state index contributed by atoms with van der Waals surface area (Å²) in [6.07, 6.45) is 9.77. The van der Waals surface area contributed by atoms with Gasteiger partial charge in [-0.1, -0.05) is 40.0 Å². The van der Waals surface area contributed by atoms with Crippen LogP contribution in [-0.4, -0.2) is 42.1 Å². The molecule has 0 spiro atoms. The molecule has 0 atom stereocenters. The lowest BCUT2D eigenvalue weighted by atomic mass is 9.71. The molecule has 1 aliphatic carbocycles. The first-order valence-corrected chi connectivity index (χ1v) is 12.6. The molecular formula is C24H37N3O2S. The molecule has 2 heterocycles. The largest absolute Gasteiger partial charge is 0.357 e. The molecule has 6 heteroatoms. The third-order valence-corrected chi connectivity index (χ3v) is 8.07. The van der Waals surface area contributed by atoms with Crippen LogP contribution >= 0.6 is 11.8 Å². The molecule has 0 unspecified atom stereocenters. The zero-order chi connectivity index (χ0) is 21.6. The van der Waals surface area contributed by atoms with Crippen LogP contribution in [0.4, 0.5) is 5.82 Å². The van der Waals surface area contributed by atoms with Crippen LogP contribution < -0.4 is 10.2 Å². The highest BCUT2D eigenvalue weighted by molar-refractivity contribution is 7.99. The number of aldehydes is 1. The maximum atomic E-state index is 13.0. The smallest absolute Gasteiger partial charge is 0.254 e. The molecule has 5 nitrogen and oxygen atoms in total. The molecule has 2 fully saturated rings. The van der Waals surface area contributed by atoms with Crippen LogP contribution in [-0.2, 0) is 4.79 Å². The Morgan fingerprint density at radius 1 is 1.27 bits per heavy atom. The molecule has 1 saturated carbocycles. The highest BCUT2D eigenvalue weighted by atomic mass is 32.2. The van der Waals surface area contributed by atoms with Gasteiger partial charge in [0.05, 0.1) is 5.56 Å². The molecule has 1 aromatic heterocycles.